The zero-order chi connectivity index (χ0) is 12.7. The van der Waals surface area contributed by atoms with E-state index in [1.807, 2.05) is 31.2 Å². The van der Waals surface area contributed by atoms with Gasteiger partial charge in [0.05, 0.1) is 25.9 Å². The second kappa shape index (κ2) is 6.59. The maximum absolute atomic E-state index is 9.53. The Hall–Kier alpha value is -1.10. The van der Waals surface area contributed by atoms with Crippen LogP contribution in [0, 0.1) is 0 Å². The summed E-state index contributed by atoms with van der Waals surface area (Å²) in [6.45, 7) is 3.30. The van der Waals surface area contributed by atoms with Gasteiger partial charge in [-0.2, -0.15) is 0 Å². The lowest BCUT2D eigenvalue weighted by atomic mass is 9.93. The first-order valence-corrected chi connectivity index (χ1v) is 5.65. The van der Waals surface area contributed by atoms with Crippen molar-refractivity contribution in [1.29, 1.82) is 0 Å². The summed E-state index contributed by atoms with van der Waals surface area (Å²) < 4.78 is 10.1. The van der Waals surface area contributed by atoms with Crippen LogP contribution in [0.3, 0.4) is 0 Å². The molecule has 0 saturated carbocycles. The van der Waals surface area contributed by atoms with Crippen LogP contribution in [-0.4, -0.2) is 39.1 Å². The molecule has 0 saturated heterocycles. The SMILES string of the molecule is COCCNC(C)(CO)c1ccc(OC)cc1. The molecule has 0 heterocycles. The average molecular weight is 239 g/mol. The van der Waals surface area contributed by atoms with Crippen molar-refractivity contribution < 1.29 is 14.6 Å². The van der Waals surface area contributed by atoms with Gasteiger partial charge < -0.3 is 19.9 Å². The maximum atomic E-state index is 9.53. The molecule has 0 spiro atoms. The fraction of sp³-hybridized carbons (Fsp3) is 0.538. The van der Waals surface area contributed by atoms with Crippen LogP contribution >= 0.6 is 0 Å². The van der Waals surface area contributed by atoms with Gasteiger partial charge in [0.2, 0.25) is 0 Å². The number of ether oxygens (including phenoxy) is 2. The first kappa shape index (κ1) is 14.0. The van der Waals surface area contributed by atoms with E-state index >= 15 is 0 Å². The smallest absolute Gasteiger partial charge is 0.118 e. The molecular weight excluding hydrogens is 218 g/mol. The van der Waals surface area contributed by atoms with Gasteiger partial charge in [-0.1, -0.05) is 12.1 Å². The normalized spacial score (nSPS) is 14.4. The molecule has 0 aliphatic carbocycles. The number of benzene rings is 1. The summed E-state index contributed by atoms with van der Waals surface area (Å²) >= 11 is 0. The van der Waals surface area contributed by atoms with E-state index in [-0.39, 0.29) is 6.61 Å². The molecule has 0 aromatic heterocycles. The largest absolute Gasteiger partial charge is 0.497 e. The minimum absolute atomic E-state index is 0.0308. The van der Waals surface area contributed by atoms with Crippen LogP contribution in [0.2, 0.25) is 0 Å². The predicted octanol–water partition coefficient (Wildman–Crippen LogP) is 1.14. The molecule has 96 valence electrons. The van der Waals surface area contributed by atoms with Crippen LogP contribution in [0.25, 0.3) is 0 Å². The van der Waals surface area contributed by atoms with E-state index in [1.54, 1.807) is 14.2 Å². The Kier molecular flexibility index (Phi) is 5.41. The molecule has 0 aliphatic rings. The molecule has 0 amide bonds. The molecule has 4 heteroatoms. The Morgan fingerprint density at radius 1 is 1.24 bits per heavy atom. The molecule has 1 aromatic rings. The Labute approximate surface area is 103 Å². The Morgan fingerprint density at radius 2 is 1.88 bits per heavy atom. The lowest BCUT2D eigenvalue weighted by Crippen LogP contribution is -2.44. The highest BCUT2D eigenvalue weighted by molar-refractivity contribution is 5.31. The minimum atomic E-state index is -0.454. The molecule has 1 atom stereocenters. The minimum Gasteiger partial charge on any atom is -0.497 e. The van der Waals surface area contributed by atoms with Crippen molar-refractivity contribution in [2.45, 2.75) is 12.5 Å². The van der Waals surface area contributed by atoms with E-state index in [0.29, 0.717) is 13.2 Å². The number of rotatable bonds is 7. The van der Waals surface area contributed by atoms with Crippen molar-refractivity contribution in [2.75, 3.05) is 34.0 Å². The molecule has 2 N–H and O–H groups in total. The van der Waals surface area contributed by atoms with Crippen LogP contribution < -0.4 is 10.1 Å². The van der Waals surface area contributed by atoms with Crippen LogP contribution in [0.5, 0.6) is 5.75 Å². The van der Waals surface area contributed by atoms with E-state index in [2.05, 4.69) is 5.32 Å². The first-order valence-electron chi connectivity index (χ1n) is 5.65. The van der Waals surface area contributed by atoms with Crippen molar-refractivity contribution in [3.05, 3.63) is 29.8 Å². The van der Waals surface area contributed by atoms with E-state index in [9.17, 15) is 5.11 Å². The van der Waals surface area contributed by atoms with E-state index in [1.165, 1.54) is 0 Å². The molecular formula is C13H21NO3. The Bertz CT molecular complexity index is 326. The molecule has 1 unspecified atom stereocenters. The summed E-state index contributed by atoms with van der Waals surface area (Å²) in [6.07, 6.45) is 0. The van der Waals surface area contributed by atoms with E-state index in [4.69, 9.17) is 9.47 Å². The van der Waals surface area contributed by atoms with Gasteiger partial charge in [-0.3, -0.25) is 0 Å². The maximum Gasteiger partial charge on any atom is 0.118 e. The highest BCUT2D eigenvalue weighted by Gasteiger charge is 2.24. The summed E-state index contributed by atoms with van der Waals surface area (Å²) in [5.41, 5.74) is 0.571. The summed E-state index contributed by atoms with van der Waals surface area (Å²) in [4.78, 5) is 0. The fourth-order valence-corrected chi connectivity index (χ4v) is 1.64. The summed E-state index contributed by atoms with van der Waals surface area (Å²) in [6, 6.07) is 7.69. The number of nitrogens with one attached hydrogen (secondary N) is 1. The molecule has 17 heavy (non-hydrogen) atoms. The highest BCUT2D eigenvalue weighted by Crippen LogP contribution is 2.22. The zero-order valence-corrected chi connectivity index (χ0v) is 10.7. The van der Waals surface area contributed by atoms with Gasteiger partial charge in [0.1, 0.15) is 5.75 Å². The van der Waals surface area contributed by atoms with Crippen molar-refractivity contribution in [1.82, 2.24) is 5.32 Å². The lowest BCUT2D eigenvalue weighted by Gasteiger charge is -2.29. The van der Waals surface area contributed by atoms with Gasteiger partial charge in [0, 0.05) is 13.7 Å². The molecule has 0 fully saturated rings. The van der Waals surface area contributed by atoms with E-state index in [0.717, 1.165) is 11.3 Å². The second-order valence-electron chi connectivity index (χ2n) is 4.14. The van der Waals surface area contributed by atoms with Crippen molar-refractivity contribution in [3.63, 3.8) is 0 Å². The summed E-state index contributed by atoms with van der Waals surface area (Å²) in [5, 5.41) is 12.8. The first-order chi connectivity index (χ1) is 8.16. The van der Waals surface area contributed by atoms with Crippen LogP contribution in [-0.2, 0) is 10.3 Å². The molecule has 0 radical (unpaired) electrons. The Morgan fingerprint density at radius 3 is 2.35 bits per heavy atom. The number of hydrogen-bond donors (Lipinski definition) is 2. The fourth-order valence-electron chi connectivity index (χ4n) is 1.64. The molecule has 0 bridgehead atoms. The van der Waals surface area contributed by atoms with Gasteiger partial charge in [0.15, 0.2) is 0 Å². The molecule has 4 nitrogen and oxygen atoms in total. The third-order valence-electron chi connectivity index (χ3n) is 2.86. The Balaban J connectivity index is 2.75. The molecule has 1 aromatic carbocycles. The molecule has 1 rings (SSSR count). The number of aliphatic hydroxyl groups excluding tert-OH is 1. The van der Waals surface area contributed by atoms with E-state index < -0.39 is 5.54 Å². The van der Waals surface area contributed by atoms with Gasteiger partial charge in [-0.25, -0.2) is 0 Å². The van der Waals surface area contributed by atoms with Gasteiger partial charge >= 0.3 is 0 Å². The summed E-state index contributed by atoms with van der Waals surface area (Å²) in [7, 11) is 3.29. The third kappa shape index (κ3) is 3.70. The van der Waals surface area contributed by atoms with Crippen LogP contribution in [0.4, 0.5) is 0 Å². The summed E-state index contributed by atoms with van der Waals surface area (Å²) in [5.74, 6) is 0.811. The van der Waals surface area contributed by atoms with Crippen LogP contribution in [0.15, 0.2) is 24.3 Å². The number of aliphatic hydroxyl groups is 1. The monoisotopic (exact) mass is 239 g/mol. The van der Waals surface area contributed by atoms with Crippen molar-refractivity contribution in [2.24, 2.45) is 0 Å². The number of methoxy groups -OCH3 is 2. The second-order valence-corrected chi connectivity index (χ2v) is 4.14. The van der Waals surface area contributed by atoms with Gasteiger partial charge in [0.25, 0.3) is 0 Å². The number of hydrogen-bond acceptors (Lipinski definition) is 4. The highest BCUT2D eigenvalue weighted by atomic mass is 16.5. The quantitative estimate of drug-likeness (QED) is 0.701. The predicted molar refractivity (Wildman–Crippen MR) is 67.3 cm³/mol. The van der Waals surface area contributed by atoms with Crippen molar-refractivity contribution in [3.8, 4) is 5.75 Å². The zero-order valence-electron chi connectivity index (χ0n) is 10.7. The van der Waals surface area contributed by atoms with Gasteiger partial charge in [-0.15, -0.1) is 0 Å². The standard InChI is InChI=1S/C13H21NO3/c1-13(10-15,14-8-9-16-2)11-4-6-12(17-3)7-5-11/h4-7,14-15H,8-10H2,1-3H3. The average Bonchev–Trinajstić information content (AvgIpc) is 2.39. The molecule has 0 aliphatic heterocycles. The van der Waals surface area contributed by atoms with Crippen LogP contribution in [0.1, 0.15) is 12.5 Å². The van der Waals surface area contributed by atoms with Crippen molar-refractivity contribution >= 4 is 0 Å². The topological polar surface area (TPSA) is 50.7 Å². The lowest BCUT2D eigenvalue weighted by molar-refractivity contribution is 0.148. The van der Waals surface area contributed by atoms with Gasteiger partial charge in [-0.05, 0) is 24.6 Å². The third-order valence-corrected chi connectivity index (χ3v) is 2.86.